The van der Waals surface area contributed by atoms with Gasteiger partial charge in [0.2, 0.25) is 0 Å². The van der Waals surface area contributed by atoms with E-state index in [1.54, 1.807) is 12.1 Å². The van der Waals surface area contributed by atoms with Crippen molar-refractivity contribution < 1.29 is 9.18 Å². The molecule has 0 fully saturated rings. The lowest BCUT2D eigenvalue weighted by Crippen LogP contribution is -2.34. The number of nitrogens with one attached hydrogen (secondary N) is 1. The average Bonchev–Trinajstić information content (AvgIpc) is 3.31. The molecule has 1 N–H and O–H groups in total. The van der Waals surface area contributed by atoms with Crippen LogP contribution in [0.1, 0.15) is 16.1 Å². The fourth-order valence-electron chi connectivity index (χ4n) is 3.02. The summed E-state index contributed by atoms with van der Waals surface area (Å²) in [6, 6.07) is 15.3. The van der Waals surface area contributed by atoms with Crippen molar-refractivity contribution in [1.82, 2.24) is 24.9 Å². The third kappa shape index (κ3) is 5.03. The highest BCUT2D eigenvalue weighted by Gasteiger charge is 2.11. The Hall–Kier alpha value is -3.92. The quantitative estimate of drug-likeness (QED) is 0.464. The maximum atomic E-state index is 13.4. The Bertz CT molecular complexity index is 1360. The highest BCUT2D eigenvalue weighted by Crippen LogP contribution is 2.20. The molecule has 0 saturated carbocycles. The van der Waals surface area contributed by atoms with E-state index in [1.165, 1.54) is 52.4 Å². The van der Waals surface area contributed by atoms with E-state index in [9.17, 15) is 18.8 Å². The number of aromatic nitrogens is 4. The Morgan fingerprint density at radius 1 is 0.969 bits per heavy atom. The molecule has 0 radical (unpaired) electrons. The number of nitrogens with zero attached hydrogens (tertiary/aromatic N) is 4. The van der Waals surface area contributed by atoms with Gasteiger partial charge in [-0.2, -0.15) is 10.2 Å². The summed E-state index contributed by atoms with van der Waals surface area (Å²) in [7, 11) is 0. The van der Waals surface area contributed by atoms with Crippen LogP contribution in [0.2, 0.25) is 0 Å². The van der Waals surface area contributed by atoms with E-state index >= 15 is 0 Å². The van der Waals surface area contributed by atoms with Gasteiger partial charge < -0.3 is 5.32 Å². The topological polar surface area (TPSA) is 98.9 Å². The molecule has 1 amide bonds. The van der Waals surface area contributed by atoms with E-state index in [1.807, 2.05) is 17.5 Å². The standard InChI is InChI=1S/C22H18FN5O3S/c23-16-4-1-3-15(13-16)14-28-21(30)9-7-18(26-28)22(31)24-10-11-27-20(29)8-6-17(25-27)19-5-2-12-32-19/h1-9,12-13H,10-11,14H2,(H,24,31). The van der Waals surface area contributed by atoms with Gasteiger partial charge in [0.15, 0.2) is 0 Å². The number of amides is 1. The first-order valence-electron chi connectivity index (χ1n) is 9.72. The van der Waals surface area contributed by atoms with Crippen LogP contribution in [0.25, 0.3) is 10.6 Å². The molecule has 0 spiro atoms. The van der Waals surface area contributed by atoms with Crippen LogP contribution >= 0.6 is 11.3 Å². The summed E-state index contributed by atoms with van der Waals surface area (Å²) in [6.07, 6.45) is 0. The highest BCUT2D eigenvalue weighted by molar-refractivity contribution is 7.13. The number of carbonyl (C=O) groups excluding carboxylic acids is 1. The van der Waals surface area contributed by atoms with Crippen molar-refractivity contribution in [3.8, 4) is 10.6 Å². The number of hydrogen-bond acceptors (Lipinski definition) is 6. The SMILES string of the molecule is O=C(NCCn1nc(-c2cccs2)ccc1=O)c1ccc(=O)n(Cc2cccc(F)c2)n1. The van der Waals surface area contributed by atoms with E-state index < -0.39 is 17.3 Å². The first kappa shape index (κ1) is 21.3. The summed E-state index contributed by atoms with van der Waals surface area (Å²) in [6.45, 7) is 0.351. The van der Waals surface area contributed by atoms with Crippen LogP contribution in [0.5, 0.6) is 0 Å². The molecule has 1 aromatic carbocycles. The van der Waals surface area contributed by atoms with Gasteiger partial charge in [0.1, 0.15) is 17.2 Å². The van der Waals surface area contributed by atoms with Crippen LogP contribution in [0.4, 0.5) is 4.39 Å². The Labute approximate surface area is 185 Å². The lowest BCUT2D eigenvalue weighted by molar-refractivity contribution is 0.0944. The minimum absolute atomic E-state index is 0.0343. The van der Waals surface area contributed by atoms with Crippen molar-refractivity contribution in [1.29, 1.82) is 0 Å². The van der Waals surface area contributed by atoms with E-state index in [0.29, 0.717) is 11.3 Å². The number of halogens is 1. The smallest absolute Gasteiger partial charge is 0.271 e. The largest absolute Gasteiger partial charge is 0.349 e. The van der Waals surface area contributed by atoms with E-state index in [2.05, 4.69) is 15.5 Å². The fraction of sp³-hybridized carbons (Fsp3) is 0.136. The molecule has 4 aromatic rings. The number of rotatable bonds is 7. The van der Waals surface area contributed by atoms with Crippen molar-refractivity contribution in [2.45, 2.75) is 13.1 Å². The zero-order valence-electron chi connectivity index (χ0n) is 16.8. The van der Waals surface area contributed by atoms with Crippen LogP contribution < -0.4 is 16.4 Å². The minimum atomic E-state index is -0.500. The molecule has 0 bridgehead atoms. The first-order valence-corrected chi connectivity index (χ1v) is 10.6. The van der Waals surface area contributed by atoms with Crippen LogP contribution in [0, 0.1) is 5.82 Å². The summed E-state index contributed by atoms with van der Waals surface area (Å²) in [5, 5.41) is 13.0. The third-order valence-electron chi connectivity index (χ3n) is 4.57. The van der Waals surface area contributed by atoms with Gasteiger partial charge in [-0.15, -0.1) is 11.3 Å². The summed E-state index contributed by atoms with van der Waals surface area (Å²) >= 11 is 1.52. The summed E-state index contributed by atoms with van der Waals surface area (Å²) < 4.78 is 15.8. The monoisotopic (exact) mass is 451 g/mol. The van der Waals surface area contributed by atoms with Crippen molar-refractivity contribution in [2.24, 2.45) is 0 Å². The molecule has 8 nitrogen and oxygen atoms in total. The Morgan fingerprint density at radius 2 is 1.78 bits per heavy atom. The lowest BCUT2D eigenvalue weighted by Gasteiger charge is -2.09. The lowest BCUT2D eigenvalue weighted by atomic mass is 10.2. The predicted molar refractivity (Wildman–Crippen MR) is 118 cm³/mol. The van der Waals surface area contributed by atoms with Gasteiger partial charge in [0.05, 0.1) is 18.0 Å². The first-order chi connectivity index (χ1) is 15.5. The van der Waals surface area contributed by atoms with Crippen molar-refractivity contribution in [3.05, 3.63) is 104 Å². The van der Waals surface area contributed by atoms with Gasteiger partial charge >= 0.3 is 0 Å². The molecule has 10 heteroatoms. The molecular formula is C22H18FN5O3S. The molecular weight excluding hydrogens is 433 g/mol. The number of carbonyl (C=O) groups is 1. The second-order valence-corrected chi connectivity index (χ2v) is 7.81. The van der Waals surface area contributed by atoms with Crippen LogP contribution in [0.3, 0.4) is 0 Å². The van der Waals surface area contributed by atoms with Gasteiger partial charge in [-0.25, -0.2) is 13.8 Å². The van der Waals surface area contributed by atoms with Crippen molar-refractivity contribution in [2.75, 3.05) is 6.54 Å². The Morgan fingerprint density at radius 3 is 2.56 bits per heavy atom. The molecule has 0 atom stereocenters. The normalized spacial score (nSPS) is 10.8. The maximum absolute atomic E-state index is 13.4. The molecule has 0 aliphatic heterocycles. The van der Waals surface area contributed by atoms with Gasteiger partial charge in [0, 0.05) is 18.7 Å². The van der Waals surface area contributed by atoms with Crippen LogP contribution in [-0.4, -0.2) is 32.0 Å². The molecule has 32 heavy (non-hydrogen) atoms. The molecule has 4 rings (SSSR count). The molecule has 0 saturated heterocycles. The van der Waals surface area contributed by atoms with Gasteiger partial charge in [-0.1, -0.05) is 18.2 Å². The van der Waals surface area contributed by atoms with Gasteiger partial charge in [0.25, 0.3) is 17.0 Å². The fourth-order valence-corrected chi connectivity index (χ4v) is 3.71. The second kappa shape index (κ2) is 9.48. The van der Waals surface area contributed by atoms with Crippen LogP contribution in [0.15, 0.2) is 75.6 Å². The summed E-state index contributed by atoms with van der Waals surface area (Å²) in [4.78, 5) is 37.6. The number of thiophene rings is 1. The molecule has 3 heterocycles. The molecule has 162 valence electrons. The molecule has 0 unspecified atom stereocenters. The second-order valence-electron chi connectivity index (χ2n) is 6.86. The van der Waals surface area contributed by atoms with E-state index in [4.69, 9.17) is 0 Å². The van der Waals surface area contributed by atoms with Crippen LogP contribution in [-0.2, 0) is 13.1 Å². The van der Waals surface area contributed by atoms with Gasteiger partial charge in [-0.05, 0) is 41.3 Å². The number of hydrogen-bond donors (Lipinski definition) is 1. The zero-order chi connectivity index (χ0) is 22.5. The highest BCUT2D eigenvalue weighted by atomic mass is 32.1. The minimum Gasteiger partial charge on any atom is -0.349 e. The summed E-state index contributed by atoms with van der Waals surface area (Å²) in [5.74, 6) is -0.920. The average molecular weight is 451 g/mol. The Kier molecular flexibility index (Phi) is 6.31. The molecule has 3 aromatic heterocycles. The van der Waals surface area contributed by atoms with Crippen molar-refractivity contribution in [3.63, 3.8) is 0 Å². The van der Waals surface area contributed by atoms with Gasteiger partial charge in [-0.3, -0.25) is 14.4 Å². The van der Waals surface area contributed by atoms with E-state index in [-0.39, 0.29) is 30.9 Å². The van der Waals surface area contributed by atoms with Crippen molar-refractivity contribution >= 4 is 17.2 Å². The third-order valence-corrected chi connectivity index (χ3v) is 5.46. The molecule has 0 aliphatic carbocycles. The zero-order valence-corrected chi connectivity index (χ0v) is 17.6. The summed E-state index contributed by atoms with van der Waals surface area (Å²) in [5.41, 5.74) is 0.576. The predicted octanol–water partition coefficient (Wildman–Crippen LogP) is 2.15. The maximum Gasteiger partial charge on any atom is 0.271 e. The van der Waals surface area contributed by atoms with E-state index in [0.717, 1.165) is 9.56 Å². The molecule has 0 aliphatic rings. The Balaban J connectivity index is 1.42. The number of benzene rings is 1.